The molecule has 0 aromatic carbocycles. The van der Waals surface area contributed by atoms with Crippen molar-refractivity contribution in [2.75, 3.05) is 26.2 Å². The number of nitriles is 1. The van der Waals surface area contributed by atoms with Crippen LogP contribution in [0.5, 0.6) is 0 Å². The predicted octanol–water partition coefficient (Wildman–Crippen LogP) is 2.96. The van der Waals surface area contributed by atoms with Crippen molar-refractivity contribution in [3.63, 3.8) is 0 Å². The van der Waals surface area contributed by atoms with Crippen molar-refractivity contribution in [1.29, 1.82) is 5.26 Å². The highest BCUT2D eigenvalue weighted by molar-refractivity contribution is 5.93. The third-order valence-corrected chi connectivity index (χ3v) is 6.08. The zero-order valence-electron chi connectivity index (χ0n) is 18.8. The normalized spacial score (nSPS) is 16.4. The Morgan fingerprint density at radius 1 is 1.27 bits per heavy atom. The molecule has 1 aliphatic carbocycles. The van der Waals surface area contributed by atoms with Gasteiger partial charge in [-0.3, -0.25) is 14.7 Å². The molecule has 2 aliphatic rings. The molecule has 2 aromatic heterocycles. The number of hydrogen-bond donors (Lipinski definition) is 2. The molecule has 2 aromatic rings. The number of aromatic amines is 1. The molecule has 2 N–H and O–H groups in total. The monoisotopic (exact) mass is 444 g/mol. The summed E-state index contributed by atoms with van der Waals surface area (Å²) in [6.45, 7) is 5.90. The van der Waals surface area contributed by atoms with E-state index in [-0.39, 0.29) is 11.5 Å². The maximum absolute atomic E-state index is 13.0. The molecule has 1 amide bonds. The molecule has 8 nitrogen and oxygen atoms in total. The summed E-state index contributed by atoms with van der Waals surface area (Å²) < 4.78 is 1.35. The Balaban J connectivity index is 1.41. The number of carbonyl (C=O) groups excluding carboxylic acids is 1. The first-order valence-corrected chi connectivity index (χ1v) is 11.3. The van der Waals surface area contributed by atoms with Crippen molar-refractivity contribution in [2.45, 2.75) is 32.6 Å². The van der Waals surface area contributed by atoms with E-state index in [9.17, 15) is 9.59 Å². The highest BCUT2D eigenvalue weighted by atomic mass is 16.1. The van der Waals surface area contributed by atoms with Crippen molar-refractivity contribution in [1.82, 2.24) is 25.0 Å². The maximum Gasteiger partial charge on any atom is 0.280 e. The minimum absolute atomic E-state index is 0.167. The van der Waals surface area contributed by atoms with Gasteiger partial charge in [-0.1, -0.05) is 17.7 Å². The largest absolute Gasteiger partial charge is 0.352 e. The van der Waals surface area contributed by atoms with Crippen LogP contribution in [0.1, 0.15) is 48.5 Å². The second-order valence-electron chi connectivity index (χ2n) is 8.39. The number of pyridine rings is 1. The number of H-pyrrole nitrogens is 1. The average Bonchev–Trinajstić information content (AvgIpc) is 3.44. The molecule has 0 spiro atoms. The maximum atomic E-state index is 13.0. The Hall–Kier alpha value is -3.70. The first kappa shape index (κ1) is 22.5. The quantitative estimate of drug-likeness (QED) is 0.639. The van der Waals surface area contributed by atoms with Crippen LogP contribution in [0.4, 0.5) is 0 Å². The van der Waals surface area contributed by atoms with Gasteiger partial charge in [-0.2, -0.15) is 5.26 Å². The summed E-state index contributed by atoms with van der Waals surface area (Å²) in [6, 6.07) is 5.46. The molecule has 0 bridgehead atoms. The van der Waals surface area contributed by atoms with Crippen LogP contribution in [0, 0.1) is 11.3 Å². The Kier molecular flexibility index (Phi) is 7.01. The van der Waals surface area contributed by atoms with Crippen LogP contribution in [0.25, 0.3) is 11.4 Å². The van der Waals surface area contributed by atoms with E-state index in [1.54, 1.807) is 30.5 Å². The van der Waals surface area contributed by atoms with E-state index in [1.807, 2.05) is 13.0 Å². The molecule has 3 heterocycles. The standard InChI is InChI=1S/C25H28N6O2/c1-18-5-6-19(15-26)7-9-21(18)22-17-29-31(25(22)33)23-10-8-20(16-28-23)24(32)27-11-4-14-30-12-2-3-13-30/h6-10,16-17,29H,2-5,11-14H2,1H3,(H,27,32). The van der Waals surface area contributed by atoms with Crippen LogP contribution in [0.15, 0.2) is 58.7 Å². The first-order chi connectivity index (χ1) is 16.1. The highest BCUT2D eigenvalue weighted by Gasteiger charge is 2.16. The predicted molar refractivity (Wildman–Crippen MR) is 127 cm³/mol. The smallest absolute Gasteiger partial charge is 0.280 e. The van der Waals surface area contributed by atoms with E-state index in [2.05, 4.69) is 26.4 Å². The second-order valence-corrected chi connectivity index (χ2v) is 8.39. The minimum atomic E-state index is -0.235. The fourth-order valence-electron chi connectivity index (χ4n) is 4.16. The first-order valence-electron chi connectivity index (χ1n) is 11.3. The van der Waals surface area contributed by atoms with Gasteiger partial charge in [-0.15, -0.1) is 0 Å². The average molecular weight is 445 g/mol. The van der Waals surface area contributed by atoms with E-state index in [0.29, 0.717) is 35.5 Å². The van der Waals surface area contributed by atoms with E-state index in [1.165, 1.54) is 23.7 Å². The van der Waals surface area contributed by atoms with Crippen LogP contribution in [0.3, 0.4) is 0 Å². The van der Waals surface area contributed by atoms with Gasteiger partial charge in [0.2, 0.25) is 0 Å². The highest BCUT2D eigenvalue weighted by Crippen LogP contribution is 2.24. The summed E-state index contributed by atoms with van der Waals surface area (Å²) in [6.07, 6.45) is 12.6. The van der Waals surface area contributed by atoms with Gasteiger partial charge in [0.05, 0.1) is 17.2 Å². The number of aromatic nitrogens is 3. The number of hydrogen-bond acceptors (Lipinski definition) is 5. The van der Waals surface area contributed by atoms with Crippen LogP contribution >= 0.6 is 0 Å². The Morgan fingerprint density at radius 2 is 2.09 bits per heavy atom. The molecule has 4 rings (SSSR count). The molecule has 0 unspecified atom stereocenters. The molecule has 1 saturated heterocycles. The van der Waals surface area contributed by atoms with Gasteiger partial charge in [-0.25, -0.2) is 9.67 Å². The molecule has 0 radical (unpaired) electrons. The van der Waals surface area contributed by atoms with Crippen molar-refractivity contribution in [2.24, 2.45) is 0 Å². The van der Waals surface area contributed by atoms with Crippen LogP contribution in [0.2, 0.25) is 0 Å². The molecule has 0 saturated carbocycles. The number of likely N-dealkylation sites (tertiary alicyclic amines) is 1. The number of nitrogens with zero attached hydrogens (tertiary/aromatic N) is 4. The zero-order valence-corrected chi connectivity index (χ0v) is 18.8. The van der Waals surface area contributed by atoms with Gasteiger partial charge < -0.3 is 10.2 Å². The van der Waals surface area contributed by atoms with Crippen LogP contribution in [-0.4, -0.2) is 51.8 Å². The van der Waals surface area contributed by atoms with Crippen molar-refractivity contribution < 1.29 is 4.79 Å². The Labute approximate surface area is 192 Å². The van der Waals surface area contributed by atoms with Crippen molar-refractivity contribution in [3.8, 4) is 11.9 Å². The molecule has 33 heavy (non-hydrogen) atoms. The van der Waals surface area contributed by atoms with Gasteiger partial charge in [-0.05, 0) is 76.0 Å². The van der Waals surface area contributed by atoms with Crippen LogP contribution in [-0.2, 0) is 0 Å². The number of allylic oxidation sites excluding steroid dienone is 6. The molecule has 1 aliphatic heterocycles. The number of carbonyl (C=O) groups is 1. The second kappa shape index (κ2) is 10.3. The summed E-state index contributed by atoms with van der Waals surface area (Å²) in [5.74, 6) is 0.240. The van der Waals surface area contributed by atoms with Crippen molar-refractivity contribution in [3.05, 3.63) is 75.4 Å². The number of rotatable bonds is 7. The van der Waals surface area contributed by atoms with Crippen LogP contribution < -0.4 is 10.9 Å². The Morgan fingerprint density at radius 3 is 2.82 bits per heavy atom. The van der Waals surface area contributed by atoms with E-state index in [4.69, 9.17) is 5.26 Å². The summed E-state index contributed by atoms with van der Waals surface area (Å²) in [5, 5.41) is 15.0. The summed E-state index contributed by atoms with van der Waals surface area (Å²) in [4.78, 5) is 32.2. The van der Waals surface area contributed by atoms with E-state index in [0.717, 1.165) is 37.2 Å². The van der Waals surface area contributed by atoms with Gasteiger partial charge in [0.1, 0.15) is 0 Å². The zero-order chi connectivity index (χ0) is 23.2. The third-order valence-electron chi connectivity index (χ3n) is 6.08. The minimum Gasteiger partial charge on any atom is -0.352 e. The molecule has 0 atom stereocenters. The molecular formula is C25H28N6O2. The number of nitrogens with one attached hydrogen (secondary N) is 2. The summed E-state index contributed by atoms with van der Waals surface area (Å²) >= 11 is 0. The molecular weight excluding hydrogens is 416 g/mol. The fraction of sp³-hybridized carbons (Fsp3) is 0.360. The van der Waals surface area contributed by atoms with Crippen molar-refractivity contribution >= 4 is 11.5 Å². The fourth-order valence-corrected chi connectivity index (χ4v) is 4.16. The van der Waals surface area contributed by atoms with Gasteiger partial charge in [0.15, 0.2) is 5.82 Å². The lowest BCUT2D eigenvalue weighted by molar-refractivity contribution is 0.0951. The van der Waals surface area contributed by atoms with E-state index >= 15 is 0 Å². The van der Waals surface area contributed by atoms with Gasteiger partial charge >= 0.3 is 0 Å². The summed E-state index contributed by atoms with van der Waals surface area (Å²) in [5.41, 5.74) is 3.11. The summed E-state index contributed by atoms with van der Waals surface area (Å²) in [7, 11) is 0. The molecule has 170 valence electrons. The Bertz CT molecular complexity index is 1200. The van der Waals surface area contributed by atoms with Gasteiger partial charge in [0, 0.05) is 24.5 Å². The lowest BCUT2D eigenvalue weighted by atomic mass is 10.0. The number of amides is 1. The van der Waals surface area contributed by atoms with E-state index < -0.39 is 0 Å². The SMILES string of the molecule is CC1=C(c2c[nH]n(-c3ccc(C(=O)NCCCN4CCCC4)cn3)c2=O)C=CC(C#N)=CC1. The lowest BCUT2D eigenvalue weighted by Crippen LogP contribution is -2.28. The topological polar surface area (TPSA) is 107 Å². The molecule has 8 heteroatoms. The third kappa shape index (κ3) is 5.21. The molecule has 1 fully saturated rings. The lowest BCUT2D eigenvalue weighted by Gasteiger charge is -2.14. The van der Waals surface area contributed by atoms with Gasteiger partial charge in [0.25, 0.3) is 11.5 Å².